The zero-order chi connectivity index (χ0) is 24.2. The van der Waals surface area contributed by atoms with Gasteiger partial charge in [0.05, 0.1) is 30.4 Å². The topological polar surface area (TPSA) is 90.4 Å². The molecular weight excluding hydrogens is 424 g/mol. The quantitative estimate of drug-likeness (QED) is 0.347. The van der Waals surface area contributed by atoms with Gasteiger partial charge in [-0.3, -0.25) is 4.79 Å². The van der Waals surface area contributed by atoms with Gasteiger partial charge in [0.25, 0.3) is 0 Å². The van der Waals surface area contributed by atoms with Crippen molar-refractivity contribution in [1.29, 1.82) is 0 Å². The van der Waals surface area contributed by atoms with Crippen LogP contribution in [0.25, 0.3) is 10.9 Å². The summed E-state index contributed by atoms with van der Waals surface area (Å²) in [6, 6.07) is 7.02. The number of methoxy groups -OCH3 is 1. The Morgan fingerprint density at radius 2 is 2.09 bits per heavy atom. The molecule has 180 valence electrons. The lowest BCUT2D eigenvalue weighted by atomic mass is 10.1. The number of pyridine rings is 1. The number of allylic oxidation sites excluding steroid dienone is 1. The van der Waals surface area contributed by atoms with E-state index in [1.54, 1.807) is 11.0 Å². The first-order chi connectivity index (χ1) is 15.7. The predicted molar refractivity (Wildman–Crippen MR) is 125 cm³/mol. The van der Waals surface area contributed by atoms with Crippen molar-refractivity contribution in [2.75, 3.05) is 20.3 Å². The minimum Gasteiger partial charge on any atom is -0.493 e. The van der Waals surface area contributed by atoms with E-state index in [1.165, 1.54) is 7.11 Å². The molecule has 2 aromatic rings. The van der Waals surface area contributed by atoms with Crippen LogP contribution in [-0.4, -0.2) is 65.4 Å². The van der Waals surface area contributed by atoms with Crippen LogP contribution in [0.5, 0.6) is 11.6 Å². The number of aromatic nitrogens is 1. The van der Waals surface area contributed by atoms with E-state index < -0.39 is 30.1 Å². The van der Waals surface area contributed by atoms with Gasteiger partial charge < -0.3 is 24.1 Å². The molecule has 0 spiro atoms. The second-order valence-electron chi connectivity index (χ2n) is 8.94. The third-order valence-electron chi connectivity index (χ3n) is 5.34. The summed E-state index contributed by atoms with van der Waals surface area (Å²) in [6.07, 6.45) is 0.913. The molecule has 3 rings (SSSR count). The largest absolute Gasteiger partial charge is 0.493 e. The van der Waals surface area contributed by atoms with E-state index >= 15 is 0 Å². The average molecular weight is 459 g/mol. The molecule has 0 saturated carbocycles. The molecule has 8 nitrogen and oxygen atoms in total. The number of fused-ring (bicyclic) bond motifs is 1. The lowest BCUT2D eigenvalue weighted by molar-refractivity contribution is -0.244. The number of hydrogen-bond donors (Lipinski definition) is 1. The fourth-order valence-electron chi connectivity index (χ4n) is 3.99. The van der Waals surface area contributed by atoms with Crippen molar-refractivity contribution in [1.82, 2.24) is 9.88 Å². The minimum absolute atomic E-state index is 0.267. The number of benzene rings is 1. The maximum absolute atomic E-state index is 12.4. The van der Waals surface area contributed by atoms with E-state index in [0.29, 0.717) is 31.1 Å². The molecule has 1 unspecified atom stereocenters. The third kappa shape index (κ3) is 5.82. The molecule has 33 heavy (non-hydrogen) atoms. The van der Waals surface area contributed by atoms with Crippen LogP contribution in [0, 0.1) is 0 Å². The van der Waals surface area contributed by atoms with Crippen LogP contribution in [0.15, 0.2) is 36.9 Å². The average Bonchev–Trinajstić information content (AvgIpc) is 3.18. The number of para-hydroxylation sites is 1. The van der Waals surface area contributed by atoms with Gasteiger partial charge in [-0.1, -0.05) is 18.2 Å². The smallest absolute Gasteiger partial charge is 0.323 e. The number of nitrogens with zero attached hydrogens (tertiary/aromatic N) is 2. The van der Waals surface area contributed by atoms with Crippen LogP contribution in [0.1, 0.15) is 39.7 Å². The molecule has 3 atom stereocenters. The Kier molecular flexibility index (Phi) is 7.94. The Morgan fingerprint density at radius 3 is 2.73 bits per heavy atom. The Balaban J connectivity index is 1.94. The first kappa shape index (κ1) is 25.0. The highest BCUT2D eigenvalue weighted by atomic mass is 16.6. The normalized spacial score (nSPS) is 19.9. The van der Waals surface area contributed by atoms with Gasteiger partial charge in [0.2, 0.25) is 12.3 Å². The van der Waals surface area contributed by atoms with Gasteiger partial charge in [-0.25, -0.2) is 9.88 Å². The zero-order valence-electron chi connectivity index (χ0n) is 20.0. The summed E-state index contributed by atoms with van der Waals surface area (Å²) in [7, 11) is 1.33. The maximum atomic E-state index is 12.4. The zero-order valence-corrected chi connectivity index (χ0v) is 20.0. The summed E-state index contributed by atoms with van der Waals surface area (Å²) in [5, 5.41) is 11.6. The summed E-state index contributed by atoms with van der Waals surface area (Å²) in [6.45, 7) is 12.1. The minimum atomic E-state index is -1.28. The van der Waals surface area contributed by atoms with E-state index in [4.69, 9.17) is 23.9 Å². The number of carbonyl (C=O) groups is 1. The van der Waals surface area contributed by atoms with Gasteiger partial charge in [0, 0.05) is 18.4 Å². The van der Waals surface area contributed by atoms with Crippen LogP contribution in [0.2, 0.25) is 0 Å². The lowest BCUT2D eigenvalue weighted by Gasteiger charge is -2.32. The number of aliphatic hydroxyl groups excluding tert-OH is 1. The molecule has 0 amide bonds. The molecule has 0 radical (unpaired) electrons. The fourth-order valence-corrected chi connectivity index (χ4v) is 3.99. The Hall–Kier alpha value is -2.68. The van der Waals surface area contributed by atoms with E-state index in [1.807, 2.05) is 52.0 Å². The van der Waals surface area contributed by atoms with E-state index in [-0.39, 0.29) is 6.54 Å². The predicted octanol–water partition coefficient (Wildman–Crippen LogP) is 3.45. The number of likely N-dealkylation sites (tertiary alicyclic amines) is 1. The molecule has 1 fully saturated rings. The summed E-state index contributed by atoms with van der Waals surface area (Å²) < 4.78 is 23.0. The molecule has 1 saturated heterocycles. The van der Waals surface area contributed by atoms with Crippen molar-refractivity contribution in [3.8, 4) is 11.6 Å². The molecule has 1 aromatic carbocycles. The molecular formula is C25H34N2O6. The SMILES string of the molecule is C=CCc1c(O[C@@H]2C[C@@H](C(=O)OC)N(C(O)OC(C)(C)C)C2)nc2ccccc2c1OCC. The first-order valence-corrected chi connectivity index (χ1v) is 11.2. The van der Waals surface area contributed by atoms with Gasteiger partial charge in [-0.05, 0) is 46.2 Å². The molecule has 8 heteroatoms. The van der Waals surface area contributed by atoms with Crippen molar-refractivity contribution >= 4 is 16.9 Å². The molecule has 1 aliphatic heterocycles. The molecule has 1 N–H and O–H groups in total. The molecule has 0 aliphatic carbocycles. The van der Waals surface area contributed by atoms with Crippen molar-refractivity contribution in [2.24, 2.45) is 0 Å². The molecule has 2 heterocycles. The standard InChI is InChI=1S/C25H34N2O6/c1-7-11-18-21(31-8-2)17-12-9-10-13-19(17)26-22(18)32-16-14-20(23(28)30-6)27(15-16)24(29)33-25(3,4)5/h7,9-10,12-13,16,20,24,29H,1,8,11,14-15H2,2-6H3/t16-,20+,24?/m1/s1. The second kappa shape index (κ2) is 10.5. The van der Waals surface area contributed by atoms with Crippen LogP contribution in [0.4, 0.5) is 0 Å². The van der Waals surface area contributed by atoms with Gasteiger partial charge in [0.1, 0.15) is 17.9 Å². The highest BCUT2D eigenvalue weighted by Gasteiger charge is 2.43. The van der Waals surface area contributed by atoms with E-state index in [0.717, 1.165) is 16.5 Å². The number of carbonyl (C=O) groups excluding carboxylic acids is 1. The third-order valence-corrected chi connectivity index (χ3v) is 5.34. The molecule has 1 aromatic heterocycles. The summed E-state index contributed by atoms with van der Waals surface area (Å²) in [4.78, 5) is 18.7. The Morgan fingerprint density at radius 1 is 1.36 bits per heavy atom. The second-order valence-corrected chi connectivity index (χ2v) is 8.94. The first-order valence-electron chi connectivity index (χ1n) is 11.2. The number of aliphatic hydroxyl groups is 1. The monoisotopic (exact) mass is 458 g/mol. The van der Waals surface area contributed by atoms with Crippen molar-refractivity contribution in [3.05, 3.63) is 42.5 Å². The fraction of sp³-hybridized carbons (Fsp3) is 0.520. The number of hydrogen-bond acceptors (Lipinski definition) is 8. The van der Waals surface area contributed by atoms with Gasteiger partial charge in [-0.2, -0.15) is 0 Å². The van der Waals surface area contributed by atoms with Crippen LogP contribution in [-0.2, 0) is 20.7 Å². The van der Waals surface area contributed by atoms with Crippen LogP contribution in [0.3, 0.4) is 0 Å². The van der Waals surface area contributed by atoms with E-state index in [2.05, 4.69) is 6.58 Å². The van der Waals surface area contributed by atoms with Crippen LogP contribution >= 0.6 is 0 Å². The number of rotatable bonds is 9. The lowest BCUT2D eigenvalue weighted by Crippen LogP contribution is -2.47. The van der Waals surface area contributed by atoms with Crippen LogP contribution < -0.4 is 9.47 Å². The Labute approximate surface area is 195 Å². The number of esters is 1. The van der Waals surface area contributed by atoms with Gasteiger partial charge in [0.15, 0.2) is 0 Å². The number of ether oxygens (including phenoxy) is 4. The highest BCUT2D eigenvalue weighted by Crippen LogP contribution is 2.37. The van der Waals surface area contributed by atoms with Gasteiger partial charge in [-0.15, -0.1) is 6.58 Å². The van der Waals surface area contributed by atoms with Crippen molar-refractivity contribution in [3.63, 3.8) is 0 Å². The summed E-state index contributed by atoms with van der Waals surface area (Å²) >= 11 is 0. The Bertz CT molecular complexity index is 987. The van der Waals surface area contributed by atoms with E-state index in [9.17, 15) is 9.90 Å². The summed E-state index contributed by atoms with van der Waals surface area (Å²) in [5.41, 5.74) is 0.951. The summed E-state index contributed by atoms with van der Waals surface area (Å²) in [5.74, 6) is 0.692. The molecule has 0 bridgehead atoms. The van der Waals surface area contributed by atoms with Crippen molar-refractivity contribution in [2.45, 2.75) is 64.7 Å². The molecule has 1 aliphatic rings. The maximum Gasteiger partial charge on any atom is 0.323 e. The highest BCUT2D eigenvalue weighted by molar-refractivity contribution is 5.87. The van der Waals surface area contributed by atoms with Crippen molar-refractivity contribution < 1.29 is 28.8 Å². The van der Waals surface area contributed by atoms with Gasteiger partial charge >= 0.3 is 5.97 Å².